The molecular weight excluding hydrogens is 330 g/mol. The first-order valence-electron chi connectivity index (χ1n) is 7.34. The average Bonchev–Trinajstić information content (AvgIpc) is 3.07. The lowest BCUT2D eigenvalue weighted by Crippen LogP contribution is -2.20. The minimum atomic E-state index is -0.213. The highest BCUT2D eigenvalue weighted by molar-refractivity contribution is 6.32. The summed E-state index contributed by atoms with van der Waals surface area (Å²) in [5, 5.41) is 3.27. The zero-order valence-electron chi connectivity index (χ0n) is 13.0. The molecule has 24 heavy (non-hydrogen) atoms. The van der Waals surface area contributed by atoms with Gasteiger partial charge in [-0.15, -0.1) is 0 Å². The van der Waals surface area contributed by atoms with Gasteiger partial charge in [-0.25, -0.2) is 0 Å². The summed E-state index contributed by atoms with van der Waals surface area (Å²) in [6.45, 7) is 0.538. The van der Waals surface area contributed by atoms with Crippen molar-refractivity contribution in [2.75, 3.05) is 13.9 Å². The van der Waals surface area contributed by atoms with Crippen molar-refractivity contribution in [2.24, 2.45) is 0 Å². The standard InChI is InChI=1S/C18H16ClNO4/c1-22-15-5-3-2-4-13(15)10-20-17(21)7-6-12-8-14(19)18-16(9-12)23-11-24-18/h2-9H,10-11H2,1H3,(H,20,21)/b7-6+. The predicted octanol–water partition coefficient (Wildman–Crippen LogP) is 3.41. The number of rotatable bonds is 5. The molecule has 1 aliphatic heterocycles. The van der Waals surface area contributed by atoms with Crippen LogP contribution in [0.3, 0.4) is 0 Å². The van der Waals surface area contributed by atoms with Crippen LogP contribution in [0, 0.1) is 0 Å². The van der Waals surface area contributed by atoms with E-state index in [2.05, 4.69) is 5.32 Å². The summed E-state index contributed by atoms with van der Waals surface area (Å²) in [5.41, 5.74) is 1.67. The third-order valence-corrected chi connectivity index (χ3v) is 3.80. The van der Waals surface area contributed by atoms with Gasteiger partial charge in [0.1, 0.15) is 5.75 Å². The number of ether oxygens (including phenoxy) is 3. The topological polar surface area (TPSA) is 56.8 Å². The normalized spacial score (nSPS) is 12.4. The molecule has 1 N–H and O–H groups in total. The van der Waals surface area contributed by atoms with E-state index in [9.17, 15) is 4.79 Å². The molecule has 0 radical (unpaired) electrons. The number of halogens is 1. The number of methoxy groups -OCH3 is 1. The maximum atomic E-state index is 12.0. The number of hydrogen-bond acceptors (Lipinski definition) is 4. The summed E-state index contributed by atoms with van der Waals surface area (Å²) in [6, 6.07) is 11.0. The molecular formula is C18H16ClNO4. The van der Waals surface area contributed by atoms with Crippen molar-refractivity contribution in [3.8, 4) is 17.2 Å². The van der Waals surface area contributed by atoms with Crippen LogP contribution >= 0.6 is 11.6 Å². The second-order valence-electron chi connectivity index (χ2n) is 5.10. The Kier molecular flexibility index (Phi) is 4.91. The Morgan fingerprint density at radius 2 is 2.17 bits per heavy atom. The van der Waals surface area contributed by atoms with E-state index in [0.29, 0.717) is 23.1 Å². The van der Waals surface area contributed by atoms with E-state index in [-0.39, 0.29) is 12.7 Å². The lowest BCUT2D eigenvalue weighted by Gasteiger charge is -2.08. The zero-order valence-corrected chi connectivity index (χ0v) is 13.8. The molecule has 3 rings (SSSR count). The van der Waals surface area contributed by atoms with Crippen LogP contribution in [-0.2, 0) is 11.3 Å². The summed E-state index contributed by atoms with van der Waals surface area (Å²) < 4.78 is 15.8. The van der Waals surface area contributed by atoms with Crippen LogP contribution in [0.4, 0.5) is 0 Å². The molecule has 0 saturated heterocycles. The quantitative estimate of drug-likeness (QED) is 0.844. The molecule has 0 atom stereocenters. The molecule has 124 valence electrons. The summed E-state index contributed by atoms with van der Waals surface area (Å²) in [5.74, 6) is 1.64. The van der Waals surface area contributed by atoms with Crippen LogP contribution < -0.4 is 19.5 Å². The van der Waals surface area contributed by atoms with Gasteiger partial charge < -0.3 is 19.5 Å². The second-order valence-corrected chi connectivity index (χ2v) is 5.51. The third kappa shape index (κ3) is 3.63. The van der Waals surface area contributed by atoms with E-state index in [4.69, 9.17) is 25.8 Å². The summed E-state index contributed by atoms with van der Waals surface area (Å²) in [4.78, 5) is 12.0. The molecule has 0 unspecified atom stereocenters. The molecule has 1 aliphatic rings. The van der Waals surface area contributed by atoms with Crippen LogP contribution in [0.1, 0.15) is 11.1 Å². The fourth-order valence-corrected chi connectivity index (χ4v) is 2.62. The van der Waals surface area contributed by atoms with Gasteiger partial charge in [0.05, 0.1) is 12.1 Å². The first kappa shape index (κ1) is 16.2. The number of fused-ring (bicyclic) bond motifs is 1. The van der Waals surface area contributed by atoms with Crippen molar-refractivity contribution in [3.05, 3.63) is 58.6 Å². The van der Waals surface area contributed by atoms with Gasteiger partial charge in [0.25, 0.3) is 0 Å². The number of para-hydroxylation sites is 1. The van der Waals surface area contributed by atoms with Gasteiger partial charge >= 0.3 is 0 Å². The lowest BCUT2D eigenvalue weighted by atomic mass is 10.2. The molecule has 0 saturated carbocycles. The highest BCUT2D eigenvalue weighted by Gasteiger charge is 2.17. The van der Waals surface area contributed by atoms with Gasteiger partial charge in [-0.3, -0.25) is 4.79 Å². The smallest absolute Gasteiger partial charge is 0.244 e. The highest BCUT2D eigenvalue weighted by atomic mass is 35.5. The first-order chi connectivity index (χ1) is 11.7. The predicted molar refractivity (Wildman–Crippen MR) is 91.4 cm³/mol. The molecule has 0 spiro atoms. The summed E-state index contributed by atoms with van der Waals surface area (Å²) >= 11 is 6.11. The van der Waals surface area contributed by atoms with Gasteiger partial charge in [-0.05, 0) is 29.8 Å². The second kappa shape index (κ2) is 7.27. The van der Waals surface area contributed by atoms with Crippen LogP contribution in [-0.4, -0.2) is 19.8 Å². The third-order valence-electron chi connectivity index (χ3n) is 3.52. The zero-order chi connectivity index (χ0) is 16.9. The van der Waals surface area contributed by atoms with E-state index in [1.807, 2.05) is 24.3 Å². The number of benzene rings is 2. The maximum Gasteiger partial charge on any atom is 0.244 e. The fourth-order valence-electron chi connectivity index (χ4n) is 2.35. The Hall–Kier alpha value is -2.66. The van der Waals surface area contributed by atoms with Crippen molar-refractivity contribution in [1.29, 1.82) is 0 Å². The largest absolute Gasteiger partial charge is 0.496 e. The molecule has 0 bridgehead atoms. The molecule has 0 fully saturated rings. The van der Waals surface area contributed by atoms with Gasteiger partial charge in [0.2, 0.25) is 12.7 Å². The van der Waals surface area contributed by atoms with E-state index in [1.165, 1.54) is 6.08 Å². The number of hydrogen-bond donors (Lipinski definition) is 1. The van der Waals surface area contributed by atoms with Gasteiger partial charge in [0.15, 0.2) is 11.5 Å². The molecule has 1 heterocycles. The van der Waals surface area contributed by atoms with Crippen molar-refractivity contribution in [2.45, 2.75) is 6.54 Å². The first-order valence-corrected chi connectivity index (χ1v) is 7.72. The molecule has 5 nitrogen and oxygen atoms in total. The van der Waals surface area contributed by atoms with Crippen LogP contribution in [0.25, 0.3) is 6.08 Å². The molecule has 6 heteroatoms. The minimum absolute atomic E-state index is 0.154. The van der Waals surface area contributed by atoms with E-state index in [0.717, 1.165) is 16.9 Å². The Morgan fingerprint density at radius 3 is 3.00 bits per heavy atom. The SMILES string of the molecule is COc1ccccc1CNC(=O)/C=C/c1cc(Cl)c2c(c1)OCO2. The van der Waals surface area contributed by atoms with Crippen LogP contribution in [0.15, 0.2) is 42.5 Å². The Bertz CT molecular complexity index is 789. The number of carbonyl (C=O) groups excluding carboxylic acids is 1. The Labute approximate surface area is 144 Å². The van der Waals surface area contributed by atoms with E-state index < -0.39 is 0 Å². The lowest BCUT2D eigenvalue weighted by molar-refractivity contribution is -0.116. The number of nitrogens with one attached hydrogen (secondary N) is 1. The highest BCUT2D eigenvalue weighted by Crippen LogP contribution is 2.40. The van der Waals surface area contributed by atoms with Gasteiger partial charge in [-0.1, -0.05) is 29.8 Å². The maximum absolute atomic E-state index is 12.0. The molecule has 2 aromatic rings. The minimum Gasteiger partial charge on any atom is -0.496 e. The molecule has 1 amide bonds. The van der Waals surface area contributed by atoms with Crippen LogP contribution in [0.2, 0.25) is 5.02 Å². The summed E-state index contributed by atoms with van der Waals surface area (Å²) in [6.07, 6.45) is 3.12. The van der Waals surface area contributed by atoms with Crippen molar-refractivity contribution in [1.82, 2.24) is 5.32 Å². The number of carbonyl (C=O) groups is 1. The Morgan fingerprint density at radius 1 is 1.33 bits per heavy atom. The summed E-state index contributed by atoms with van der Waals surface area (Å²) in [7, 11) is 1.60. The van der Waals surface area contributed by atoms with Crippen molar-refractivity contribution < 1.29 is 19.0 Å². The molecule has 2 aromatic carbocycles. The fraction of sp³-hybridized carbons (Fsp3) is 0.167. The van der Waals surface area contributed by atoms with Crippen LogP contribution in [0.5, 0.6) is 17.2 Å². The van der Waals surface area contributed by atoms with Crippen molar-refractivity contribution in [3.63, 3.8) is 0 Å². The number of amides is 1. The average molecular weight is 346 g/mol. The van der Waals surface area contributed by atoms with Crippen molar-refractivity contribution >= 4 is 23.6 Å². The van der Waals surface area contributed by atoms with Gasteiger partial charge in [-0.2, -0.15) is 0 Å². The van der Waals surface area contributed by atoms with E-state index >= 15 is 0 Å². The monoisotopic (exact) mass is 345 g/mol. The Balaban J connectivity index is 1.63. The van der Waals surface area contributed by atoms with Gasteiger partial charge in [0, 0.05) is 18.2 Å². The molecule has 0 aromatic heterocycles. The van der Waals surface area contributed by atoms with E-state index in [1.54, 1.807) is 25.3 Å². The molecule has 0 aliphatic carbocycles.